The molecule has 1 fully saturated rings. The van der Waals surface area contributed by atoms with Gasteiger partial charge in [-0.15, -0.1) is 0 Å². The molecule has 11 heteroatoms. The van der Waals surface area contributed by atoms with Crippen molar-refractivity contribution in [2.24, 2.45) is 7.05 Å². The Labute approximate surface area is 273 Å². The normalized spacial score (nSPS) is 18.4. The molecular formula is C36H39N9O2. The fourth-order valence-electron chi connectivity index (χ4n) is 7.70. The first-order valence-electron chi connectivity index (χ1n) is 16.3. The first kappa shape index (κ1) is 29.3. The quantitative estimate of drug-likeness (QED) is 0.234. The number of aromatic nitrogens is 6. The van der Waals surface area contributed by atoms with E-state index in [0.717, 1.165) is 84.1 Å². The predicted octanol–water partition coefficient (Wildman–Crippen LogP) is 5.94. The molecule has 2 aliphatic rings. The number of amides is 1. The number of methoxy groups -OCH3 is 1. The fraction of sp³-hybridized carbons (Fsp3) is 0.333. The van der Waals surface area contributed by atoms with E-state index in [-0.39, 0.29) is 5.91 Å². The standard InChI is InChI=1S/C36H39N9O2/c1-22-16-27-19-43(14-15-45(27)41-22)25-9-11-26(12-10-25)44-20-28(33-34(37)38-21-39-35(33)44)23-8-13-29(32(18-23)47-3)40-36(46)31-17-24-6-4-5-7-30(24)42(31)2/h4-8,13,16-18,20-21,25-26H,9-12,14-15,19H2,1-3H3,(H,40,46)(H2,37,38,39)/t25-,26+. The molecule has 0 radical (unpaired) electrons. The van der Waals surface area contributed by atoms with Gasteiger partial charge in [0.2, 0.25) is 0 Å². The van der Waals surface area contributed by atoms with Crippen LogP contribution >= 0.6 is 0 Å². The second kappa shape index (κ2) is 11.6. The summed E-state index contributed by atoms with van der Waals surface area (Å²) in [5.74, 6) is 0.805. The topological polar surface area (TPSA) is 121 Å². The molecule has 4 aromatic heterocycles. The summed E-state index contributed by atoms with van der Waals surface area (Å²) in [6, 6.07) is 18.8. The number of nitrogens with two attached hydrogens (primary N) is 1. The van der Waals surface area contributed by atoms with Gasteiger partial charge in [-0.3, -0.25) is 14.4 Å². The van der Waals surface area contributed by atoms with Gasteiger partial charge in [0.25, 0.3) is 5.91 Å². The lowest BCUT2D eigenvalue weighted by molar-refractivity contribution is 0.101. The molecule has 1 aliphatic carbocycles. The molecule has 1 aliphatic heterocycles. The van der Waals surface area contributed by atoms with Gasteiger partial charge in [0.1, 0.15) is 29.2 Å². The summed E-state index contributed by atoms with van der Waals surface area (Å²) in [6.07, 6.45) is 8.11. The first-order valence-corrected chi connectivity index (χ1v) is 16.3. The Hall–Kier alpha value is -5.16. The molecule has 0 spiro atoms. The van der Waals surface area contributed by atoms with Crippen LogP contribution in [-0.4, -0.2) is 59.4 Å². The van der Waals surface area contributed by atoms with Gasteiger partial charge in [0.05, 0.1) is 36.1 Å². The molecule has 0 atom stereocenters. The number of para-hydroxylation sites is 1. The van der Waals surface area contributed by atoms with E-state index >= 15 is 0 Å². The van der Waals surface area contributed by atoms with Crippen molar-refractivity contribution in [1.82, 2.24) is 33.8 Å². The van der Waals surface area contributed by atoms with Gasteiger partial charge in [-0.25, -0.2) is 9.97 Å². The van der Waals surface area contributed by atoms with Crippen molar-refractivity contribution in [2.45, 2.75) is 57.8 Å². The number of nitrogens with zero attached hydrogens (tertiary/aromatic N) is 7. The molecule has 6 aromatic rings. The molecule has 0 saturated heterocycles. The van der Waals surface area contributed by atoms with Crippen molar-refractivity contribution in [3.05, 3.63) is 84.2 Å². The number of aryl methyl sites for hydroxylation is 2. The minimum absolute atomic E-state index is 0.204. The highest BCUT2D eigenvalue weighted by Gasteiger charge is 2.31. The third-order valence-electron chi connectivity index (χ3n) is 10.1. The molecular weight excluding hydrogens is 590 g/mol. The van der Waals surface area contributed by atoms with E-state index in [1.807, 2.05) is 60.1 Å². The Bertz CT molecular complexity index is 2130. The number of fused-ring (bicyclic) bond motifs is 3. The number of hydrogen-bond acceptors (Lipinski definition) is 7. The number of carbonyl (C=O) groups excluding carboxylic acids is 1. The minimum Gasteiger partial charge on any atom is -0.495 e. The molecule has 5 heterocycles. The average Bonchev–Trinajstić information content (AvgIpc) is 3.77. The zero-order chi connectivity index (χ0) is 32.2. The highest BCUT2D eigenvalue weighted by Crippen LogP contribution is 2.41. The molecule has 3 N–H and O–H groups in total. The summed E-state index contributed by atoms with van der Waals surface area (Å²) in [6.45, 7) is 5.04. The summed E-state index contributed by atoms with van der Waals surface area (Å²) in [4.78, 5) is 25.1. The summed E-state index contributed by atoms with van der Waals surface area (Å²) < 4.78 is 12.2. The van der Waals surface area contributed by atoms with Crippen LogP contribution in [-0.2, 0) is 20.1 Å². The van der Waals surface area contributed by atoms with Crippen LogP contribution in [0, 0.1) is 6.92 Å². The van der Waals surface area contributed by atoms with Gasteiger partial charge in [-0.05, 0) is 68.5 Å². The second-order valence-electron chi connectivity index (χ2n) is 12.9. The van der Waals surface area contributed by atoms with Crippen molar-refractivity contribution < 1.29 is 9.53 Å². The summed E-state index contributed by atoms with van der Waals surface area (Å²) >= 11 is 0. The number of benzene rings is 2. The first-order chi connectivity index (χ1) is 22.9. The third-order valence-corrected chi connectivity index (χ3v) is 10.1. The third kappa shape index (κ3) is 5.11. The monoisotopic (exact) mass is 629 g/mol. The van der Waals surface area contributed by atoms with Crippen LogP contribution in [0.3, 0.4) is 0 Å². The van der Waals surface area contributed by atoms with Crippen molar-refractivity contribution in [3.8, 4) is 16.9 Å². The summed E-state index contributed by atoms with van der Waals surface area (Å²) in [5.41, 5.74) is 13.8. The molecule has 1 amide bonds. The van der Waals surface area contributed by atoms with Gasteiger partial charge >= 0.3 is 0 Å². The lowest BCUT2D eigenvalue weighted by atomic mass is 9.89. The molecule has 8 rings (SSSR count). The van der Waals surface area contributed by atoms with Crippen LogP contribution in [0.5, 0.6) is 5.75 Å². The average molecular weight is 630 g/mol. The lowest BCUT2D eigenvalue weighted by Gasteiger charge is -2.39. The molecule has 2 aromatic carbocycles. The Kier molecular flexibility index (Phi) is 7.20. The van der Waals surface area contributed by atoms with E-state index in [1.165, 1.54) is 5.69 Å². The minimum atomic E-state index is -0.204. The van der Waals surface area contributed by atoms with Crippen molar-refractivity contribution in [3.63, 3.8) is 0 Å². The number of rotatable bonds is 6. The Morgan fingerprint density at radius 1 is 1.00 bits per heavy atom. The second-order valence-corrected chi connectivity index (χ2v) is 12.9. The highest BCUT2D eigenvalue weighted by atomic mass is 16.5. The van der Waals surface area contributed by atoms with Crippen LogP contribution in [0.25, 0.3) is 33.1 Å². The maximum absolute atomic E-state index is 13.4. The fourth-order valence-corrected chi connectivity index (χ4v) is 7.70. The van der Waals surface area contributed by atoms with Crippen LogP contribution in [0.4, 0.5) is 11.5 Å². The van der Waals surface area contributed by atoms with Crippen LogP contribution < -0.4 is 15.8 Å². The van der Waals surface area contributed by atoms with E-state index in [1.54, 1.807) is 13.4 Å². The zero-order valence-electron chi connectivity index (χ0n) is 27.0. The molecule has 0 bridgehead atoms. The smallest absolute Gasteiger partial charge is 0.272 e. The van der Waals surface area contributed by atoms with Gasteiger partial charge in [0.15, 0.2) is 0 Å². The number of nitrogens with one attached hydrogen (secondary N) is 1. The maximum Gasteiger partial charge on any atom is 0.272 e. The van der Waals surface area contributed by atoms with E-state index < -0.39 is 0 Å². The lowest BCUT2D eigenvalue weighted by Crippen LogP contribution is -2.43. The number of nitrogen functional groups attached to an aromatic ring is 1. The molecule has 0 unspecified atom stereocenters. The molecule has 1 saturated carbocycles. The predicted molar refractivity (Wildman–Crippen MR) is 183 cm³/mol. The van der Waals surface area contributed by atoms with Crippen LogP contribution in [0.1, 0.15) is 53.6 Å². The number of hydrogen-bond donors (Lipinski definition) is 2. The number of ether oxygens (including phenoxy) is 1. The van der Waals surface area contributed by atoms with Gasteiger partial charge in [0, 0.05) is 54.9 Å². The van der Waals surface area contributed by atoms with E-state index in [2.05, 4.69) is 48.7 Å². The number of carbonyl (C=O) groups is 1. The Morgan fingerprint density at radius 3 is 2.62 bits per heavy atom. The van der Waals surface area contributed by atoms with Crippen molar-refractivity contribution in [1.29, 1.82) is 0 Å². The van der Waals surface area contributed by atoms with E-state index in [4.69, 9.17) is 15.5 Å². The van der Waals surface area contributed by atoms with Crippen molar-refractivity contribution >= 4 is 39.3 Å². The molecule has 240 valence electrons. The molecule has 11 nitrogen and oxygen atoms in total. The van der Waals surface area contributed by atoms with Crippen LogP contribution in [0.15, 0.2) is 67.1 Å². The van der Waals surface area contributed by atoms with Crippen LogP contribution in [0.2, 0.25) is 0 Å². The van der Waals surface area contributed by atoms with E-state index in [9.17, 15) is 4.79 Å². The SMILES string of the molecule is COc1cc(-c2cn([C@H]3CC[C@@H](N4CCn5nc(C)cc5C4)CC3)c3ncnc(N)c23)ccc1NC(=O)c1cc2ccccc2n1C. The zero-order valence-corrected chi connectivity index (χ0v) is 27.0. The van der Waals surface area contributed by atoms with Gasteiger partial charge < -0.3 is 24.9 Å². The summed E-state index contributed by atoms with van der Waals surface area (Å²) in [7, 11) is 3.51. The number of anilines is 2. The summed E-state index contributed by atoms with van der Waals surface area (Å²) in [5, 5.41) is 9.54. The Morgan fingerprint density at radius 2 is 1.81 bits per heavy atom. The molecule has 47 heavy (non-hydrogen) atoms. The van der Waals surface area contributed by atoms with Gasteiger partial charge in [-0.1, -0.05) is 24.3 Å². The van der Waals surface area contributed by atoms with Gasteiger partial charge in [-0.2, -0.15) is 5.10 Å². The van der Waals surface area contributed by atoms with Crippen molar-refractivity contribution in [2.75, 3.05) is 24.7 Å². The van der Waals surface area contributed by atoms with E-state index in [0.29, 0.717) is 35.0 Å². The highest BCUT2D eigenvalue weighted by molar-refractivity contribution is 6.07. The largest absolute Gasteiger partial charge is 0.495 e. The maximum atomic E-state index is 13.4. The Balaban J connectivity index is 1.05.